The zero-order valence-corrected chi connectivity index (χ0v) is 66.3. The third kappa shape index (κ3) is 30.1. The number of amides is 11. The van der Waals surface area contributed by atoms with Crippen molar-refractivity contribution in [3.63, 3.8) is 0 Å². The fraction of sp³-hybridized carbons (Fsp3) is 0.407. The number of aromatic nitrogens is 1. The van der Waals surface area contributed by atoms with Gasteiger partial charge in [-0.1, -0.05) is 67.3 Å². The van der Waals surface area contributed by atoms with Gasteiger partial charge in [-0.2, -0.15) is 0 Å². The highest BCUT2D eigenvalue weighted by Gasteiger charge is 2.42. The molecule has 40 nitrogen and oxygen atoms in total. The summed E-state index contributed by atoms with van der Waals surface area (Å²) in [6, 6.07) is 12.3. The topological polar surface area (TPSA) is 624 Å². The van der Waals surface area contributed by atoms with Crippen LogP contribution in [0.1, 0.15) is 110 Å². The number of carbonyl (C=O) groups excluding carboxylic acids is 19. The van der Waals surface area contributed by atoms with Gasteiger partial charge < -0.3 is 104 Å². The van der Waals surface area contributed by atoms with Gasteiger partial charge in [0.05, 0.1) is 69.0 Å². The Bertz CT molecular complexity index is 4680. The van der Waals surface area contributed by atoms with E-state index >= 15 is 14.4 Å². The van der Waals surface area contributed by atoms with Crippen LogP contribution in [0, 0.1) is 35.5 Å². The van der Waals surface area contributed by atoms with Crippen LogP contribution in [0.2, 0.25) is 0 Å². The quantitative estimate of drug-likeness (QED) is 0.00500. The van der Waals surface area contributed by atoms with E-state index in [0.29, 0.717) is 26.9 Å². The SMILES string of the molecule is CC(COC=O)[C@@H]1CC(=O)[C@@H](CO)NC(=O)CNC(=O)[C@H](COC=O)NC(=O)[C@@H](C)NC(=O)[C@H](COC=O)CC(=O)[C@H](CCCN)NC(=O)CN(C)C(=O)[C@@H](NC(=O)[C@H](CC(=O)O)CC(=O)[C@@H](CC(N)=O)NC(=O)[C@H](Cc2c[nH]c3ccccc23)NC(=O)c2ccc(C#Cc3ccccc3)cc2)[C@@H](C)OC(=O)[C@H](CC(=O)c2ccccc2N)NC1=O. The van der Waals surface area contributed by atoms with E-state index in [-0.39, 0.29) is 62.0 Å². The number of hydrogen-bond donors (Lipinski definition) is 15. The second kappa shape index (κ2) is 47.9. The van der Waals surface area contributed by atoms with Crippen molar-refractivity contribution in [2.75, 3.05) is 58.8 Å². The molecule has 40 heteroatoms. The van der Waals surface area contributed by atoms with E-state index in [4.69, 9.17) is 36.1 Å². The highest BCUT2D eigenvalue weighted by Crippen LogP contribution is 2.25. The molecule has 0 bridgehead atoms. The predicted octanol–water partition coefficient (Wildman–Crippen LogP) is -3.34. The number of primary amides is 1. The molecule has 0 saturated carbocycles. The number of H-pyrrole nitrogens is 1. The summed E-state index contributed by atoms with van der Waals surface area (Å²) in [6.07, 6.45) is -7.50. The van der Waals surface area contributed by atoms with E-state index in [9.17, 15) is 91.7 Å². The molecule has 1 aromatic heterocycles. The van der Waals surface area contributed by atoms with Gasteiger partial charge in [0.25, 0.3) is 25.3 Å². The summed E-state index contributed by atoms with van der Waals surface area (Å²) in [5, 5.41) is 42.4. The van der Waals surface area contributed by atoms with E-state index in [1.54, 1.807) is 54.7 Å². The normalized spacial score (nSPS) is 20.7. The standard InChI is InChI=1S/C81H96N14O26/c1-44(38-118-41-97)55-31-67(103)62(37-96)89-69(105)35-86-78(114)63(40-120-43-99)93-73(109)45(2)87-76(112)52(39-119-42-98)29-65(101)58(19-12-26-82)88-70(106)36-95(4)80(116)72(46(3)121-81(117)61(92-77(55)113)32-64(100)54-16-8-10-17-56(54)83)94-75(111)50(30-71(107)108)28-66(102)59(33-68(84)104)90-79(115)60(27-51-34-85-57-18-11-9-15-53(51)57)91-74(110)49-24-22-48(23-25-49)21-20-47-13-6-5-7-14-47/h5-11,13-18,22-25,34,41-46,50,52,55,58-63,72,85,96H,12,19,26-33,35-40,82-83H2,1-4H3,(H2,84,104)(H,86,114)(H,87,112)(H,88,106)(H,89,105)(H,90,115)(H,91,110)(H,92,113)(H,93,109)(H,94,111)(H,107,108)/t44?,45-,46-,50+,52+,55+,58+,59-,60+,61+,62-,63+,72+/m1/s1. The summed E-state index contributed by atoms with van der Waals surface area (Å²) >= 11 is 0. The lowest BCUT2D eigenvalue weighted by Gasteiger charge is -2.31. The van der Waals surface area contributed by atoms with Crippen molar-refractivity contribution < 1.29 is 125 Å². The van der Waals surface area contributed by atoms with Crippen molar-refractivity contribution >= 4 is 136 Å². The summed E-state index contributed by atoms with van der Waals surface area (Å²) in [4.78, 5) is 279. The van der Waals surface area contributed by atoms with Crippen molar-refractivity contribution in [1.82, 2.24) is 57.7 Å². The third-order valence-corrected chi connectivity index (χ3v) is 19.2. The average molecular weight is 1680 g/mol. The molecule has 1 unspecified atom stereocenters. The number of cyclic esters (lactones) is 1. The maximum absolute atomic E-state index is 15.2. The first kappa shape index (κ1) is 95.7. The lowest BCUT2D eigenvalue weighted by atomic mass is 9.87. The lowest BCUT2D eigenvalue weighted by molar-refractivity contribution is -0.158. The van der Waals surface area contributed by atoms with Crippen LogP contribution < -0.4 is 65.1 Å². The van der Waals surface area contributed by atoms with Crippen LogP contribution in [0.25, 0.3) is 10.9 Å². The average Bonchev–Trinajstić information content (AvgIpc) is 1.69. The molecule has 13 atom stereocenters. The number of ketones is 4. The number of aromatic amines is 1. The number of fused-ring (bicyclic) bond motifs is 1. The Morgan fingerprint density at radius 3 is 1.95 bits per heavy atom. The Labute approximate surface area is 692 Å². The minimum atomic E-state index is -2.35. The number of anilines is 1. The zero-order chi connectivity index (χ0) is 89.0. The summed E-state index contributed by atoms with van der Waals surface area (Å²) in [6.45, 7) is -2.61. The third-order valence-electron chi connectivity index (χ3n) is 19.2. The molecule has 121 heavy (non-hydrogen) atoms. The van der Waals surface area contributed by atoms with E-state index in [2.05, 4.69) is 64.7 Å². The van der Waals surface area contributed by atoms with Crippen molar-refractivity contribution in [3.05, 3.63) is 137 Å². The van der Waals surface area contributed by atoms with Gasteiger partial charge in [-0.05, 0) is 93.4 Å². The Morgan fingerprint density at radius 1 is 0.669 bits per heavy atom. The van der Waals surface area contributed by atoms with Gasteiger partial charge in [0.2, 0.25) is 59.1 Å². The molecule has 0 spiro atoms. The number of carboxylic acid groups (broad SMARTS) is 1. The summed E-state index contributed by atoms with van der Waals surface area (Å²) in [5.74, 6) is -21.6. The fourth-order valence-corrected chi connectivity index (χ4v) is 12.6. The van der Waals surface area contributed by atoms with Crippen molar-refractivity contribution in [3.8, 4) is 11.8 Å². The van der Waals surface area contributed by atoms with Gasteiger partial charge >= 0.3 is 11.9 Å². The number of nitrogens with one attached hydrogen (secondary N) is 10. The molecule has 0 aliphatic carbocycles. The number of likely N-dealkylation sites (N-methyl/N-ethyl adjacent to an activating group) is 1. The maximum Gasteiger partial charge on any atom is 0.329 e. The molecular formula is C81H96N14O26. The molecular weight excluding hydrogens is 1580 g/mol. The first-order valence-electron chi connectivity index (χ1n) is 38.0. The van der Waals surface area contributed by atoms with Crippen molar-refractivity contribution in [1.29, 1.82) is 0 Å². The van der Waals surface area contributed by atoms with E-state index in [1.807, 2.05) is 18.2 Å². The Morgan fingerprint density at radius 2 is 1.30 bits per heavy atom. The molecule has 1 fully saturated rings. The maximum atomic E-state index is 15.2. The second-order valence-electron chi connectivity index (χ2n) is 28.4. The number of rotatable bonds is 32. The van der Waals surface area contributed by atoms with E-state index < -0.39 is 256 Å². The summed E-state index contributed by atoms with van der Waals surface area (Å²) in [7, 11) is 0.952. The van der Waals surface area contributed by atoms with Crippen LogP contribution in [-0.4, -0.2) is 247 Å². The van der Waals surface area contributed by atoms with Crippen LogP contribution in [0.5, 0.6) is 0 Å². The molecule has 1 aliphatic heterocycles. The number of Topliss-reactive ketones (excluding diaryl/α,β-unsaturated/α-hetero) is 4. The van der Waals surface area contributed by atoms with Crippen LogP contribution in [0.3, 0.4) is 0 Å². The number of carbonyl (C=O) groups is 20. The fourth-order valence-electron chi connectivity index (χ4n) is 12.6. The molecule has 646 valence electrons. The monoisotopic (exact) mass is 1680 g/mol. The molecule has 4 aromatic carbocycles. The largest absolute Gasteiger partial charge is 0.481 e. The molecule has 1 aliphatic rings. The van der Waals surface area contributed by atoms with E-state index in [1.165, 1.54) is 43.3 Å². The first-order chi connectivity index (χ1) is 57.7. The lowest BCUT2D eigenvalue weighted by Crippen LogP contribution is -2.58. The van der Waals surface area contributed by atoms with Gasteiger partial charge in [0.15, 0.2) is 23.1 Å². The molecule has 18 N–H and O–H groups in total. The van der Waals surface area contributed by atoms with Gasteiger partial charge in [-0.15, -0.1) is 0 Å². The number of carboxylic acids is 1. The molecule has 2 heterocycles. The minimum absolute atomic E-state index is 0.000901. The number of nitrogens with two attached hydrogens (primary N) is 3. The van der Waals surface area contributed by atoms with Crippen molar-refractivity contribution in [2.45, 2.75) is 133 Å². The number of aliphatic carboxylic acids is 1. The highest BCUT2D eigenvalue weighted by atomic mass is 16.5. The van der Waals surface area contributed by atoms with Gasteiger partial charge in [-0.25, -0.2) is 4.79 Å². The van der Waals surface area contributed by atoms with Crippen LogP contribution in [0.15, 0.2) is 109 Å². The highest BCUT2D eigenvalue weighted by molar-refractivity contribution is 6.05. The number of ether oxygens (including phenoxy) is 4. The smallest absolute Gasteiger partial charge is 0.329 e. The summed E-state index contributed by atoms with van der Waals surface area (Å²) in [5.41, 5.74) is 19.7. The van der Waals surface area contributed by atoms with Crippen molar-refractivity contribution in [2.24, 2.45) is 35.1 Å². The Hall–Kier alpha value is -14.1. The second-order valence-corrected chi connectivity index (χ2v) is 28.4. The minimum Gasteiger partial charge on any atom is -0.481 e. The number of hydrogen-bond acceptors (Lipinski definition) is 27. The van der Waals surface area contributed by atoms with E-state index in [0.717, 1.165) is 26.5 Å². The number of aliphatic hydroxyl groups excluding tert-OH is 1. The number of aliphatic hydroxyl groups is 1. The Kier molecular flexibility index (Phi) is 37.9. The Balaban J connectivity index is 1.42. The molecule has 11 amide bonds. The molecule has 5 aromatic rings. The van der Waals surface area contributed by atoms with Gasteiger partial charge in [0.1, 0.15) is 55.6 Å². The van der Waals surface area contributed by atoms with Gasteiger partial charge in [0, 0.05) is 90.1 Å². The molecule has 1 saturated heterocycles. The number of benzene rings is 4. The number of nitrogens with zero attached hydrogens (tertiary/aromatic N) is 1. The van der Waals surface area contributed by atoms with Crippen LogP contribution >= 0.6 is 0 Å². The number of para-hydroxylation sites is 2. The van der Waals surface area contributed by atoms with Gasteiger partial charge in [-0.3, -0.25) is 91.1 Å². The first-order valence-corrected chi connectivity index (χ1v) is 38.0. The zero-order valence-electron chi connectivity index (χ0n) is 66.3. The van der Waals surface area contributed by atoms with Crippen LogP contribution in [-0.2, 0) is 112 Å². The number of esters is 1. The predicted molar refractivity (Wildman–Crippen MR) is 423 cm³/mol. The number of nitrogen functional groups attached to an aromatic ring is 1. The molecule has 0 radical (unpaired) electrons. The summed E-state index contributed by atoms with van der Waals surface area (Å²) < 4.78 is 20.3. The molecule has 6 rings (SSSR count). The van der Waals surface area contributed by atoms with Crippen LogP contribution in [0.4, 0.5) is 5.69 Å².